The molecule has 0 bridgehead atoms. The lowest BCUT2D eigenvalue weighted by Crippen LogP contribution is -2.26. The van der Waals surface area contributed by atoms with Gasteiger partial charge >= 0.3 is 0 Å². The van der Waals surface area contributed by atoms with Crippen molar-refractivity contribution in [3.63, 3.8) is 0 Å². The third-order valence-electron chi connectivity index (χ3n) is 3.28. The maximum Gasteiger partial charge on any atom is 0.254 e. The van der Waals surface area contributed by atoms with E-state index in [1.165, 1.54) is 12.1 Å². The Balaban J connectivity index is 1.78. The zero-order valence-electron chi connectivity index (χ0n) is 11.0. The van der Waals surface area contributed by atoms with Crippen LogP contribution in [-0.4, -0.2) is 28.8 Å². The van der Waals surface area contributed by atoms with Gasteiger partial charge in [-0.15, -0.1) is 0 Å². The second kappa shape index (κ2) is 5.61. The number of H-pyrrole nitrogens is 1. The van der Waals surface area contributed by atoms with E-state index in [1.807, 2.05) is 0 Å². The number of halogens is 2. The minimum absolute atomic E-state index is 0.160. The quantitative estimate of drug-likeness (QED) is 0.913. The Bertz CT molecular complexity index is 646. The predicted octanol–water partition coefficient (Wildman–Crippen LogP) is 2.47. The lowest BCUT2D eigenvalue weighted by atomic mass is 10.1. The van der Waals surface area contributed by atoms with Crippen molar-refractivity contribution in [2.75, 3.05) is 11.9 Å². The van der Waals surface area contributed by atoms with Crippen molar-refractivity contribution in [3.8, 4) is 11.3 Å². The van der Waals surface area contributed by atoms with Gasteiger partial charge in [-0.25, -0.2) is 8.78 Å². The van der Waals surface area contributed by atoms with Crippen LogP contribution in [0.5, 0.6) is 0 Å². The molecular formula is C14H13F2N3O2. The summed E-state index contributed by atoms with van der Waals surface area (Å²) in [5.74, 6) is -1.50. The van der Waals surface area contributed by atoms with Crippen LogP contribution in [0.2, 0.25) is 0 Å². The number of nitrogens with one attached hydrogen (secondary N) is 2. The highest BCUT2D eigenvalue weighted by atomic mass is 19.1. The molecule has 0 spiro atoms. The van der Waals surface area contributed by atoms with Crippen molar-refractivity contribution < 1.29 is 18.3 Å². The van der Waals surface area contributed by atoms with E-state index in [9.17, 15) is 13.6 Å². The largest absolute Gasteiger partial charge is 0.368 e. The van der Waals surface area contributed by atoms with Gasteiger partial charge in [0, 0.05) is 12.7 Å². The smallest absolute Gasteiger partial charge is 0.254 e. The first-order chi connectivity index (χ1) is 10.1. The predicted molar refractivity (Wildman–Crippen MR) is 71.5 cm³/mol. The molecule has 1 aliphatic heterocycles. The second-order valence-electron chi connectivity index (χ2n) is 4.75. The maximum absolute atomic E-state index is 13.7. The number of rotatable bonds is 3. The number of carbonyl (C=O) groups is 1. The summed E-state index contributed by atoms with van der Waals surface area (Å²) in [4.78, 5) is 11.9. The van der Waals surface area contributed by atoms with Crippen LogP contribution in [0, 0.1) is 11.6 Å². The van der Waals surface area contributed by atoms with Gasteiger partial charge in [-0.2, -0.15) is 5.10 Å². The van der Waals surface area contributed by atoms with Crippen molar-refractivity contribution in [1.82, 2.24) is 10.2 Å². The van der Waals surface area contributed by atoms with Gasteiger partial charge in [0.2, 0.25) is 0 Å². The molecular weight excluding hydrogens is 280 g/mol. The van der Waals surface area contributed by atoms with Gasteiger partial charge in [-0.05, 0) is 25.0 Å². The number of carbonyl (C=O) groups excluding carboxylic acids is 1. The fourth-order valence-corrected chi connectivity index (χ4v) is 2.26. The van der Waals surface area contributed by atoms with E-state index in [4.69, 9.17) is 4.74 Å². The van der Waals surface area contributed by atoms with Gasteiger partial charge in [0.25, 0.3) is 5.91 Å². The molecule has 1 saturated heterocycles. The van der Waals surface area contributed by atoms with Crippen LogP contribution >= 0.6 is 0 Å². The van der Waals surface area contributed by atoms with Gasteiger partial charge in [0.05, 0.1) is 11.3 Å². The van der Waals surface area contributed by atoms with Crippen LogP contribution in [0.15, 0.2) is 24.3 Å². The molecule has 1 aromatic heterocycles. The Labute approximate surface area is 119 Å². The zero-order valence-corrected chi connectivity index (χ0v) is 11.0. The van der Waals surface area contributed by atoms with E-state index in [0.717, 1.165) is 18.6 Å². The number of hydrogen-bond acceptors (Lipinski definition) is 3. The number of nitrogens with zero attached hydrogens (tertiary/aromatic N) is 1. The summed E-state index contributed by atoms with van der Waals surface area (Å²) in [6.45, 7) is 0.560. The topological polar surface area (TPSA) is 67.0 Å². The van der Waals surface area contributed by atoms with Crippen molar-refractivity contribution in [2.24, 2.45) is 0 Å². The van der Waals surface area contributed by atoms with E-state index in [-0.39, 0.29) is 23.0 Å². The summed E-state index contributed by atoms with van der Waals surface area (Å²) < 4.78 is 32.6. The zero-order chi connectivity index (χ0) is 14.8. The molecule has 0 radical (unpaired) electrons. The van der Waals surface area contributed by atoms with Crippen LogP contribution < -0.4 is 5.32 Å². The molecule has 1 fully saturated rings. The van der Waals surface area contributed by atoms with Gasteiger partial charge in [0.15, 0.2) is 5.82 Å². The average molecular weight is 293 g/mol. The normalized spacial score (nSPS) is 17.9. The van der Waals surface area contributed by atoms with E-state index < -0.39 is 17.7 Å². The molecule has 2 aromatic rings. The Morgan fingerprint density at radius 2 is 2.14 bits per heavy atom. The fraction of sp³-hybridized carbons (Fsp3) is 0.286. The van der Waals surface area contributed by atoms with Gasteiger partial charge in [0.1, 0.15) is 17.7 Å². The minimum Gasteiger partial charge on any atom is -0.368 e. The monoisotopic (exact) mass is 293 g/mol. The Hall–Kier alpha value is -2.28. The second-order valence-corrected chi connectivity index (χ2v) is 4.75. The first-order valence-corrected chi connectivity index (χ1v) is 6.57. The molecule has 7 heteroatoms. The van der Waals surface area contributed by atoms with Crippen LogP contribution in [-0.2, 0) is 9.53 Å². The highest BCUT2D eigenvalue weighted by Gasteiger charge is 2.24. The van der Waals surface area contributed by atoms with Crippen molar-refractivity contribution in [3.05, 3.63) is 35.9 Å². The molecule has 3 rings (SSSR count). The summed E-state index contributed by atoms with van der Waals surface area (Å²) in [6, 6.07) is 4.98. The lowest BCUT2D eigenvalue weighted by Gasteiger charge is -2.07. The molecule has 1 aliphatic rings. The number of ether oxygens (including phenoxy) is 1. The number of hydrogen-bond donors (Lipinski definition) is 2. The van der Waals surface area contributed by atoms with E-state index in [1.54, 1.807) is 0 Å². The van der Waals surface area contributed by atoms with Gasteiger partial charge < -0.3 is 10.1 Å². The summed E-state index contributed by atoms with van der Waals surface area (Å²) in [6.07, 6.45) is 1.01. The number of aromatic amines is 1. The molecule has 0 saturated carbocycles. The minimum atomic E-state index is -0.698. The highest BCUT2D eigenvalue weighted by Crippen LogP contribution is 2.26. The average Bonchev–Trinajstić information content (AvgIpc) is 3.10. The Morgan fingerprint density at radius 1 is 1.38 bits per heavy atom. The van der Waals surface area contributed by atoms with E-state index >= 15 is 0 Å². The van der Waals surface area contributed by atoms with E-state index in [0.29, 0.717) is 13.0 Å². The summed E-state index contributed by atoms with van der Waals surface area (Å²) in [5, 5.41) is 8.92. The van der Waals surface area contributed by atoms with E-state index in [2.05, 4.69) is 15.5 Å². The molecule has 1 atom stereocenters. The SMILES string of the molecule is O=C(Nc1cc(-c2c(F)cccc2F)[nH]n1)[C@H]1CCCO1. The third kappa shape index (κ3) is 2.78. The summed E-state index contributed by atoms with van der Waals surface area (Å²) >= 11 is 0. The summed E-state index contributed by atoms with van der Waals surface area (Å²) in [7, 11) is 0. The van der Waals surface area contributed by atoms with Crippen molar-refractivity contribution in [2.45, 2.75) is 18.9 Å². The number of amides is 1. The Kier molecular flexibility index (Phi) is 3.66. The maximum atomic E-state index is 13.7. The number of aromatic nitrogens is 2. The fourth-order valence-electron chi connectivity index (χ4n) is 2.26. The molecule has 1 amide bonds. The molecule has 21 heavy (non-hydrogen) atoms. The standard InChI is InChI=1S/C14H13F2N3O2/c15-8-3-1-4-9(16)13(8)10-7-12(19-18-10)17-14(20)11-5-2-6-21-11/h1,3-4,7,11H,2,5-6H2,(H2,17,18,19,20)/t11-/m1/s1. The first-order valence-electron chi connectivity index (χ1n) is 6.57. The van der Waals surface area contributed by atoms with Gasteiger partial charge in [-0.1, -0.05) is 6.07 Å². The lowest BCUT2D eigenvalue weighted by molar-refractivity contribution is -0.124. The van der Waals surface area contributed by atoms with Crippen molar-refractivity contribution >= 4 is 11.7 Å². The van der Waals surface area contributed by atoms with Crippen LogP contribution in [0.1, 0.15) is 12.8 Å². The number of anilines is 1. The molecule has 1 aromatic carbocycles. The van der Waals surface area contributed by atoms with Crippen LogP contribution in [0.4, 0.5) is 14.6 Å². The molecule has 2 heterocycles. The first kappa shape index (κ1) is 13.7. The third-order valence-corrected chi connectivity index (χ3v) is 3.28. The van der Waals surface area contributed by atoms with Crippen LogP contribution in [0.25, 0.3) is 11.3 Å². The number of benzene rings is 1. The molecule has 0 aliphatic carbocycles. The molecule has 0 unspecified atom stereocenters. The van der Waals surface area contributed by atoms with Gasteiger partial charge in [-0.3, -0.25) is 9.89 Å². The Morgan fingerprint density at radius 3 is 2.81 bits per heavy atom. The summed E-state index contributed by atoms with van der Waals surface area (Å²) in [5.41, 5.74) is -0.0455. The molecule has 2 N–H and O–H groups in total. The molecule has 110 valence electrons. The van der Waals surface area contributed by atoms with Crippen molar-refractivity contribution in [1.29, 1.82) is 0 Å². The van der Waals surface area contributed by atoms with Crippen LogP contribution in [0.3, 0.4) is 0 Å². The molecule has 5 nitrogen and oxygen atoms in total. The highest BCUT2D eigenvalue weighted by molar-refractivity contribution is 5.93.